The number of sulfonamides is 1. The first-order chi connectivity index (χ1) is 12.1. The molecule has 0 saturated carbocycles. The molecule has 0 aliphatic carbocycles. The van der Waals surface area contributed by atoms with Crippen LogP contribution in [-0.4, -0.2) is 15.0 Å². The van der Waals surface area contributed by atoms with Gasteiger partial charge in [-0.2, -0.15) is 13.2 Å². The van der Waals surface area contributed by atoms with Gasteiger partial charge in [0.25, 0.3) is 10.0 Å². The van der Waals surface area contributed by atoms with Crippen molar-refractivity contribution < 1.29 is 30.7 Å². The van der Waals surface area contributed by atoms with Crippen molar-refractivity contribution in [3.63, 3.8) is 0 Å². The molecule has 4 nitrogen and oxygen atoms in total. The summed E-state index contributed by atoms with van der Waals surface area (Å²) in [5, 5.41) is 0. The number of hydrogen-bond acceptors (Lipinski definition) is 3. The fourth-order valence-electron chi connectivity index (χ4n) is 2.07. The summed E-state index contributed by atoms with van der Waals surface area (Å²) in [6, 6.07) is 7.35. The topological polar surface area (TPSA) is 55.4 Å². The molecular formula is C17H17F4NO3S. The predicted octanol–water partition coefficient (Wildman–Crippen LogP) is 4.82. The number of rotatable bonds is 7. The molecule has 0 spiro atoms. The summed E-state index contributed by atoms with van der Waals surface area (Å²) < 4.78 is 83.5. The Morgan fingerprint density at radius 1 is 1.08 bits per heavy atom. The third-order valence-corrected chi connectivity index (χ3v) is 4.82. The first kappa shape index (κ1) is 20.0. The SMILES string of the molecule is CCCCOc1ccc(S(=O)(=O)Nc2ccc(F)c(C(F)(F)F)c2)cc1. The third kappa shape index (κ3) is 5.10. The molecule has 0 aromatic heterocycles. The molecule has 0 unspecified atom stereocenters. The molecule has 0 aliphatic heterocycles. The summed E-state index contributed by atoms with van der Waals surface area (Å²) in [4.78, 5) is -0.154. The maximum Gasteiger partial charge on any atom is 0.419 e. The molecule has 2 aromatic rings. The molecule has 0 saturated heterocycles. The largest absolute Gasteiger partial charge is 0.494 e. The van der Waals surface area contributed by atoms with Gasteiger partial charge in [-0.3, -0.25) is 4.72 Å². The first-order valence-corrected chi connectivity index (χ1v) is 9.24. The first-order valence-electron chi connectivity index (χ1n) is 7.76. The Labute approximate surface area is 148 Å². The average Bonchev–Trinajstić information content (AvgIpc) is 2.56. The minimum absolute atomic E-state index is 0.154. The van der Waals surface area contributed by atoms with Crippen molar-refractivity contribution in [2.24, 2.45) is 0 Å². The normalized spacial score (nSPS) is 12.0. The van der Waals surface area contributed by atoms with Crippen LogP contribution in [0.2, 0.25) is 0 Å². The zero-order chi connectivity index (χ0) is 19.4. The number of anilines is 1. The molecule has 2 aromatic carbocycles. The van der Waals surface area contributed by atoms with E-state index >= 15 is 0 Å². The van der Waals surface area contributed by atoms with Crippen molar-refractivity contribution in [1.82, 2.24) is 0 Å². The predicted molar refractivity (Wildman–Crippen MR) is 89.1 cm³/mol. The molecule has 1 N–H and O–H groups in total. The molecule has 0 aliphatic rings. The highest BCUT2D eigenvalue weighted by Crippen LogP contribution is 2.33. The smallest absolute Gasteiger partial charge is 0.419 e. The van der Waals surface area contributed by atoms with E-state index in [1.165, 1.54) is 24.3 Å². The van der Waals surface area contributed by atoms with Crippen molar-refractivity contribution in [2.45, 2.75) is 30.8 Å². The zero-order valence-corrected chi connectivity index (χ0v) is 14.6. The van der Waals surface area contributed by atoms with E-state index in [1.807, 2.05) is 11.6 Å². The quantitative estimate of drug-likeness (QED) is 0.544. The lowest BCUT2D eigenvalue weighted by atomic mass is 10.2. The van der Waals surface area contributed by atoms with Crippen LogP contribution in [0, 0.1) is 5.82 Å². The lowest BCUT2D eigenvalue weighted by Gasteiger charge is -2.12. The van der Waals surface area contributed by atoms with E-state index in [9.17, 15) is 26.0 Å². The van der Waals surface area contributed by atoms with E-state index in [2.05, 4.69) is 0 Å². The number of ether oxygens (including phenoxy) is 1. The monoisotopic (exact) mass is 391 g/mol. The van der Waals surface area contributed by atoms with Gasteiger partial charge in [0.15, 0.2) is 0 Å². The number of benzene rings is 2. The average molecular weight is 391 g/mol. The van der Waals surface area contributed by atoms with E-state index < -0.39 is 27.6 Å². The molecule has 26 heavy (non-hydrogen) atoms. The van der Waals surface area contributed by atoms with Crippen LogP contribution >= 0.6 is 0 Å². The van der Waals surface area contributed by atoms with Crippen molar-refractivity contribution in [1.29, 1.82) is 0 Å². The Kier molecular flexibility index (Phi) is 6.12. The third-order valence-electron chi connectivity index (χ3n) is 3.42. The highest BCUT2D eigenvalue weighted by atomic mass is 32.2. The highest BCUT2D eigenvalue weighted by Gasteiger charge is 2.34. The van der Waals surface area contributed by atoms with Crippen LogP contribution in [0.1, 0.15) is 25.3 Å². The molecule has 0 radical (unpaired) electrons. The molecular weight excluding hydrogens is 374 g/mol. The molecule has 0 fully saturated rings. The maximum absolute atomic E-state index is 13.3. The van der Waals surface area contributed by atoms with E-state index in [1.54, 1.807) is 0 Å². The Balaban J connectivity index is 2.18. The fourth-order valence-corrected chi connectivity index (χ4v) is 3.12. The standard InChI is InChI=1S/C17H17F4NO3S/c1-2-3-10-25-13-5-7-14(8-6-13)26(23,24)22-12-4-9-16(18)15(11-12)17(19,20)21/h4-9,11,22H,2-3,10H2,1H3. The lowest BCUT2D eigenvalue weighted by Crippen LogP contribution is -2.15. The zero-order valence-electron chi connectivity index (χ0n) is 13.8. The minimum atomic E-state index is -4.93. The summed E-state index contributed by atoms with van der Waals surface area (Å²) in [5.74, 6) is -0.993. The highest BCUT2D eigenvalue weighted by molar-refractivity contribution is 7.92. The molecule has 0 amide bonds. The Morgan fingerprint density at radius 2 is 1.73 bits per heavy atom. The Hall–Kier alpha value is -2.29. The molecule has 142 valence electrons. The van der Waals surface area contributed by atoms with E-state index in [0.717, 1.165) is 18.9 Å². The second kappa shape index (κ2) is 7.94. The van der Waals surface area contributed by atoms with Gasteiger partial charge in [-0.25, -0.2) is 12.8 Å². The van der Waals surface area contributed by atoms with Gasteiger partial charge in [0.2, 0.25) is 0 Å². The van der Waals surface area contributed by atoms with Gasteiger partial charge in [0, 0.05) is 5.69 Å². The summed E-state index contributed by atoms with van der Waals surface area (Å²) in [7, 11) is -4.13. The molecule has 0 atom stereocenters. The Bertz CT molecular complexity index is 849. The number of nitrogens with one attached hydrogen (secondary N) is 1. The Morgan fingerprint density at radius 3 is 2.31 bits per heavy atom. The van der Waals surface area contributed by atoms with Crippen molar-refractivity contribution >= 4 is 15.7 Å². The molecule has 9 heteroatoms. The van der Waals surface area contributed by atoms with Crippen LogP contribution < -0.4 is 9.46 Å². The van der Waals surface area contributed by atoms with Gasteiger partial charge < -0.3 is 4.74 Å². The van der Waals surface area contributed by atoms with Gasteiger partial charge in [0.05, 0.1) is 17.1 Å². The van der Waals surface area contributed by atoms with Gasteiger partial charge in [-0.15, -0.1) is 0 Å². The van der Waals surface area contributed by atoms with Crippen LogP contribution in [0.4, 0.5) is 23.2 Å². The second-order valence-electron chi connectivity index (χ2n) is 5.47. The van der Waals surface area contributed by atoms with Gasteiger partial charge >= 0.3 is 6.18 Å². The fraction of sp³-hybridized carbons (Fsp3) is 0.294. The summed E-state index contributed by atoms with van der Waals surface area (Å²) in [5.41, 5.74) is -1.93. The van der Waals surface area contributed by atoms with E-state index in [-0.39, 0.29) is 10.6 Å². The van der Waals surface area contributed by atoms with Gasteiger partial charge in [-0.05, 0) is 48.9 Å². The summed E-state index contributed by atoms with van der Waals surface area (Å²) in [6.45, 7) is 2.50. The summed E-state index contributed by atoms with van der Waals surface area (Å²) in [6.07, 6.45) is -3.12. The second-order valence-corrected chi connectivity index (χ2v) is 7.15. The lowest BCUT2D eigenvalue weighted by molar-refractivity contribution is -0.139. The maximum atomic E-state index is 13.3. The van der Waals surface area contributed by atoms with E-state index in [0.29, 0.717) is 24.5 Å². The van der Waals surface area contributed by atoms with Crippen LogP contribution in [0.3, 0.4) is 0 Å². The van der Waals surface area contributed by atoms with Crippen molar-refractivity contribution in [3.05, 3.63) is 53.8 Å². The molecule has 2 rings (SSSR count). The van der Waals surface area contributed by atoms with Crippen LogP contribution in [-0.2, 0) is 16.2 Å². The van der Waals surface area contributed by atoms with Crippen molar-refractivity contribution in [3.8, 4) is 5.75 Å². The number of alkyl halides is 3. The van der Waals surface area contributed by atoms with Crippen LogP contribution in [0.25, 0.3) is 0 Å². The van der Waals surface area contributed by atoms with Gasteiger partial charge in [-0.1, -0.05) is 13.3 Å². The minimum Gasteiger partial charge on any atom is -0.494 e. The number of unbranched alkanes of at least 4 members (excludes halogenated alkanes) is 1. The molecule has 0 heterocycles. The van der Waals surface area contributed by atoms with E-state index in [4.69, 9.17) is 4.74 Å². The van der Waals surface area contributed by atoms with Crippen molar-refractivity contribution in [2.75, 3.05) is 11.3 Å². The van der Waals surface area contributed by atoms with Crippen LogP contribution in [0.5, 0.6) is 5.75 Å². The van der Waals surface area contributed by atoms with Gasteiger partial charge in [0.1, 0.15) is 11.6 Å². The van der Waals surface area contributed by atoms with Crippen LogP contribution in [0.15, 0.2) is 47.4 Å². The number of hydrogen-bond donors (Lipinski definition) is 1. The summed E-state index contributed by atoms with van der Waals surface area (Å²) >= 11 is 0. The molecule has 0 bridgehead atoms. The number of halogens is 4.